The largest absolute Gasteiger partial charge is 0.486 e. The van der Waals surface area contributed by atoms with Crippen molar-refractivity contribution in [2.75, 3.05) is 32.8 Å². The second-order valence-electron chi connectivity index (χ2n) is 12.3. The number of carbonyl (C=O) groups excluding carboxylic acids is 2. The lowest BCUT2D eigenvalue weighted by molar-refractivity contribution is -0.149. The van der Waals surface area contributed by atoms with Crippen LogP contribution >= 0.6 is 0 Å². The van der Waals surface area contributed by atoms with Crippen LogP contribution in [0.5, 0.6) is 11.5 Å². The topological polar surface area (TPSA) is 138 Å². The van der Waals surface area contributed by atoms with E-state index in [9.17, 15) is 23.1 Å². The predicted octanol–water partition coefficient (Wildman–Crippen LogP) is 2.73. The van der Waals surface area contributed by atoms with Crippen molar-refractivity contribution in [3.8, 4) is 11.5 Å². The van der Waals surface area contributed by atoms with E-state index in [1.165, 1.54) is 21.4 Å². The summed E-state index contributed by atoms with van der Waals surface area (Å²) in [4.78, 5) is 27.0. The zero-order valence-electron chi connectivity index (χ0n) is 26.1. The molecule has 2 heterocycles. The first kappa shape index (κ1) is 33.7. The normalized spacial score (nSPS) is 18.0. The van der Waals surface area contributed by atoms with Crippen LogP contribution in [0, 0.1) is 11.8 Å². The molecule has 2 unspecified atom stereocenters. The summed E-state index contributed by atoms with van der Waals surface area (Å²) in [6, 6.07) is 12.4. The number of hydrogen-bond acceptors (Lipinski definition) is 8. The number of aliphatic hydroxyl groups excluding tert-OH is 1. The van der Waals surface area contributed by atoms with Gasteiger partial charge in [-0.05, 0) is 55.3 Å². The molecule has 3 N–H and O–H groups in total. The Kier molecular flexibility index (Phi) is 11.6. The monoisotopic (exact) mass is 630 g/mol. The van der Waals surface area contributed by atoms with Gasteiger partial charge in [0.1, 0.15) is 13.2 Å². The van der Waals surface area contributed by atoms with Crippen molar-refractivity contribution in [3.05, 3.63) is 54.1 Å². The van der Waals surface area contributed by atoms with E-state index < -0.39 is 28.2 Å². The van der Waals surface area contributed by atoms with Crippen molar-refractivity contribution in [2.24, 2.45) is 11.8 Å². The van der Waals surface area contributed by atoms with Gasteiger partial charge in [0.25, 0.3) is 5.91 Å². The van der Waals surface area contributed by atoms with Gasteiger partial charge in [-0.25, -0.2) is 13.4 Å². The van der Waals surface area contributed by atoms with Crippen LogP contribution in [-0.4, -0.2) is 85.7 Å². The van der Waals surface area contributed by atoms with Gasteiger partial charge in [0, 0.05) is 25.6 Å². The van der Waals surface area contributed by atoms with Gasteiger partial charge >= 0.3 is 0 Å². The summed E-state index contributed by atoms with van der Waals surface area (Å²) in [5.41, 5.74) is 3.64. The molecule has 0 bridgehead atoms. The first-order valence-electron chi connectivity index (χ1n) is 15.4. The Hall–Kier alpha value is -3.19. The Morgan fingerprint density at radius 2 is 1.70 bits per heavy atom. The Morgan fingerprint density at radius 3 is 2.34 bits per heavy atom. The van der Waals surface area contributed by atoms with E-state index in [4.69, 9.17) is 9.47 Å². The average Bonchev–Trinajstić information content (AvgIpc) is 3.53. The summed E-state index contributed by atoms with van der Waals surface area (Å²) in [5.74, 6) is 0.0465. The van der Waals surface area contributed by atoms with E-state index in [0.717, 1.165) is 12.0 Å². The van der Waals surface area contributed by atoms with Crippen molar-refractivity contribution in [1.29, 1.82) is 0 Å². The molecule has 0 radical (unpaired) electrons. The van der Waals surface area contributed by atoms with E-state index in [1.54, 1.807) is 6.07 Å². The fourth-order valence-corrected chi connectivity index (χ4v) is 7.12. The van der Waals surface area contributed by atoms with Gasteiger partial charge in [-0.15, -0.1) is 0 Å². The van der Waals surface area contributed by atoms with Crippen LogP contribution < -0.4 is 20.2 Å². The fourth-order valence-electron chi connectivity index (χ4n) is 5.48. The molecule has 1 fully saturated rings. The van der Waals surface area contributed by atoms with E-state index in [2.05, 4.69) is 10.7 Å². The maximum absolute atomic E-state index is 14.0. The molecular weight excluding hydrogens is 584 g/mol. The minimum atomic E-state index is -4.10. The molecule has 0 spiro atoms. The van der Waals surface area contributed by atoms with Gasteiger partial charge in [-0.1, -0.05) is 58.0 Å². The highest BCUT2D eigenvalue weighted by Gasteiger charge is 2.37. The highest BCUT2D eigenvalue weighted by atomic mass is 32.2. The third-order valence-electron chi connectivity index (χ3n) is 7.63. The minimum Gasteiger partial charge on any atom is -0.486 e. The molecule has 44 heavy (non-hydrogen) atoms. The molecule has 0 aromatic heterocycles. The van der Waals surface area contributed by atoms with Gasteiger partial charge in [0.15, 0.2) is 11.5 Å². The summed E-state index contributed by atoms with van der Waals surface area (Å²) in [6.45, 7) is 8.84. The van der Waals surface area contributed by atoms with Crippen LogP contribution in [-0.2, 0) is 26.0 Å². The molecule has 1 saturated heterocycles. The van der Waals surface area contributed by atoms with Crippen LogP contribution in [0.3, 0.4) is 0 Å². The van der Waals surface area contributed by atoms with Crippen molar-refractivity contribution in [3.63, 3.8) is 0 Å². The zero-order valence-corrected chi connectivity index (χ0v) is 26.9. The van der Waals surface area contributed by atoms with Crippen LogP contribution in [0.2, 0.25) is 0 Å². The Bertz CT molecular complexity index is 1360. The fraction of sp³-hybridized carbons (Fsp3) is 0.562. The average molecular weight is 631 g/mol. The van der Waals surface area contributed by atoms with Crippen molar-refractivity contribution >= 4 is 21.8 Å². The summed E-state index contributed by atoms with van der Waals surface area (Å²) >= 11 is 0. The van der Waals surface area contributed by atoms with Crippen LogP contribution in [0.4, 0.5) is 0 Å². The molecule has 12 heteroatoms. The predicted molar refractivity (Wildman–Crippen MR) is 166 cm³/mol. The molecule has 2 aromatic rings. The molecular formula is C32H46N4O7S. The molecule has 242 valence electrons. The smallest absolute Gasteiger partial charge is 0.255 e. The lowest BCUT2D eigenvalue weighted by Gasteiger charge is -2.38. The molecule has 0 saturated carbocycles. The quantitative estimate of drug-likeness (QED) is 0.288. The molecule has 3 atom stereocenters. The van der Waals surface area contributed by atoms with Crippen LogP contribution in [0.15, 0.2) is 53.4 Å². The maximum Gasteiger partial charge on any atom is 0.255 e. The highest BCUT2D eigenvalue weighted by molar-refractivity contribution is 7.89. The second-order valence-corrected chi connectivity index (χ2v) is 14.3. The SMILES string of the molecule is CC(C)CC(=O)N(NC(=O)C1CCCN1)C(Cc1ccccc1)[C@H](O)CN(CC(C)C)S(=O)(=O)c1ccc2c(c1)OCCO2. The van der Waals surface area contributed by atoms with Gasteiger partial charge in [0.05, 0.1) is 23.1 Å². The Labute approximate surface area is 260 Å². The third kappa shape index (κ3) is 8.71. The van der Waals surface area contributed by atoms with Crippen molar-refractivity contribution in [1.82, 2.24) is 20.1 Å². The molecule has 2 aliphatic heterocycles. The van der Waals surface area contributed by atoms with Crippen LogP contribution in [0.1, 0.15) is 52.5 Å². The Balaban J connectivity index is 1.68. The highest BCUT2D eigenvalue weighted by Crippen LogP contribution is 2.33. The number of benzene rings is 2. The number of nitrogens with one attached hydrogen (secondary N) is 2. The Morgan fingerprint density at radius 1 is 1.00 bits per heavy atom. The van der Waals surface area contributed by atoms with E-state index in [-0.39, 0.29) is 54.5 Å². The molecule has 2 amide bonds. The first-order chi connectivity index (χ1) is 21.0. The second kappa shape index (κ2) is 15.2. The molecule has 11 nitrogen and oxygen atoms in total. The number of nitrogens with zero attached hydrogens (tertiary/aromatic N) is 2. The lowest BCUT2D eigenvalue weighted by Crippen LogP contribution is -2.61. The summed E-state index contributed by atoms with van der Waals surface area (Å²) in [5, 5.41) is 16.3. The number of hydrogen-bond donors (Lipinski definition) is 3. The van der Waals surface area contributed by atoms with Gasteiger partial charge in [-0.3, -0.25) is 15.0 Å². The summed E-state index contributed by atoms with van der Waals surface area (Å²) < 4.78 is 40.5. The number of ether oxygens (including phenoxy) is 2. The lowest BCUT2D eigenvalue weighted by atomic mass is 9.99. The third-order valence-corrected chi connectivity index (χ3v) is 9.46. The molecule has 2 aliphatic rings. The number of fused-ring (bicyclic) bond motifs is 1. The van der Waals surface area contributed by atoms with E-state index in [0.29, 0.717) is 37.7 Å². The van der Waals surface area contributed by atoms with Gasteiger partial charge in [0.2, 0.25) is 15.9 Å². The summed E-state index contributed by atoms with van der Waals surface area (Å²) in [6.07, 6.45) is 0.482. The number of aliphatic hydroxyl groups is 1. The number of amides is 2. The van der Waals surface area contributed by atoms with Crippen LogP contribution in [0.25, 0.3) is 0 Å². The summed E-state index contributed by atoms with van der Waals surface area (Å²) in [7, 11) is -4.10. The maximum atomic E-state index is 14.0. The number of rotatable bonds is 13. The zero-order chi connectivity index (χ0) is 31.9. The first-order valence-corrected chi connectivity index (χ1v) is 16.9. The van der Waals surface area contributed by atoms with Gasteiger partial charge in [-0.2, -0.15) is 4.31 Å². The number of hydrazine groups is 1. The van der Waals surface area contributed by atoms with Crippen molar-refractivity contribution in [2.45, 2.75) is 76.5 Å². The van der Waals surface area contributed by atoms with Gasteiger partial charge < -0.3 is 19.9 Å². The molecule has 4 rings (SSSR count). The van der Waals surface area contributed by atoms with Crippen molar-refractivity contribution < 1.29 is 32.6 Å². The molecule has 0 aliphatic carbocycles. The number of sulfonamides is 1. The standard InChI is InChI=1S/C32H46N4O7S/c1-22(2)17-31(38)36(34-32(39)26-11-8-14-33-26)27(18-24-9-6-5-7-10-24)28(37)21-35(20-23(3)4)44(40,41)25-12-13-29-30(19-25)43-16-15-42-29/h5-7,9-10,12-13,19,22-23,26-28,33,37H,8,11,14-18,20-21H2,1-4H3,(H,34,39)/t26?,27?,28-/m1/s1. The number of carbonyl (C=O) groups is 2. The van der Waals surface area contributed by atoms with E-state index >= 15 is 0 Å². The van der Waals surface area contributed by atoms with E-state index in [1.807, 2.05) is 58.0 Å². The minimum absolute atomic E-state index is 0.00551. The molecule has 2 aromatic carbocycles.